The third-order valence-electron chi connectivity index (χ3n) is 4.69. The van der Waals surface area contributed by atoms with Crippen LogP contribution in [-0.4, -0.2) is 42.7 Å². The minimum absolute atomic E-state index is 0.149. The maximum absolute atomic E-state index is 12.6. The van der Waals surface area contributed by atoms with Gasteiger partial charge in [0, 0.05) is 17.8 Å². The standard InChI is InChI=1S/C21H23ClN4O3/c1-14-16(22)7-5-9-17(14)24-20(27)13-26(10-11-29-2)12-19-23-18-8-4-3-6-15(18)21(28)25-19/h3-9H,10-13H2,1-2H3,(H,24,27)(H,23,25,28)/p+1. The van der Waals surface area contributed by atoms with E-state index in [4.69, 9.17) is 16.3 Å². The van der Waals surface area contributed by atoms with Crippen molar-refractivity contribution in [3.05, 3.63) is 69.2 Å². The minimum atomic E-state index is -0.185. The molecule has 0 aliphatic rings. The summed E-state index contributed by atoms with van der Waals surface area (Å²) in [4.78, 5) is 33.2. The number of aromatic nitrogens is 2. The molecular formula is C21H24ClN4O3+. The second-order valence-electron chi connectivity index (χ2n) is 6.84. The number of H-pyrrole nitrogens is 1. The number of ether oxygens (including phenoxy) is 1. The Labute approximate surface area is 173 Å². The van der Waals surface area contributed by atoms with Gasteiger partial charge in [-0.25, -0.2) is 4.98 Å². The first-order chi connectivity index (χ1) is 14.0. The van der Waals surface area contributed by atoms with E-state index in [0.29, 0.717) is 47.1 Å². The molecule has 0 fully saturated rings. The van der Waals surface area contributed by atoms with Crippen LogP contribution in [0.15, 0.2) is 47.3 Å². The number of anilines is 1. The number of hydrogen-bond donors (Lipinski definition) is 3. The van der Waals surface area contributed by atoms with E-state index in [1.165, 1.54) is 0 Å². The van der Waals surface area contributed by atoms with Crippen LogP contribution in [0.1, 0.15) is 11.4 Å². The fourth-order valence-electron chi connectivity index (χ4n) is 3.11. The molecule has 0 bridgehead atoms. The maximum Gasteiger partial charge on any atom is 0.279 e. The Morgan fingerprint density at radius 2 is 2.03 bits per heavy atom. The molecule has 0 spiro atoms. The van der Waals surface area contributed by atoms with Crippen LogP contribution in [0.3, 0.4) is 0 Å². The number of rotatable bonds is 8. The highest BCUT2D eigenvalue weighted by Gasteiger charge is 2.18. The van der Waals surface area contributed by atoms with E-state index in [1.807, 2.05) is 19.1 Å². The van der Waals surface area contributed by atoms with Gasteiger partial charge in [0.1, 0.15) is 13.1 Å². The molecule has 1 aromatic heterocycles. The van der Waals surface area contributed by atoms with Crippen LogP contribution in [0.5, 0.6) is 0 Å². The van der Waals surface area contributed by atoms with Crippen LogP contribution < -0.4 is 15.8 Å². The summed E-state index contributed by atoms with van der Waals surface area (Å²) in [6, 6.07) is 12.6. The van der Waals surface area contributed by atoms with Crippen molar-refractivity contribution in [2.24, 2.45) is 0 Å². The number of methoxy groups -OCH3 is 1. The highest BCUT2D eigenvalue weighted by atomic mass is 35.5. The van der Waals surface area contributed by atoms with Crippen molar-refractivity contribution in [1.82, 2.24) is 9.97 Å². The zero-order chi connectivity index (χ0) is 20.8. The second-order valence-corrected chi connectivity index (χ2v) is 7.24. The van der Waals surface area contributed by atoms with Crippen LogP contribution in [0.25, 0.3) is 10.9 Å². The number of halogens is 1. The normalized spacial score (nSPS) is 12.1. The van der Waals surface area contributed by atoms with E-state index in [9.17, 15) is 9.59 Å². The fourth-order valence-corrected chi connectivity index (χ4v) is 3.28. The van der Waals surface area contributed by atoms with Gasteiger partial charge < -0.3 is 19.9 Å². The molecule has 29 heavy (non-hydrogen) atoms. The number of carbonyl (C=O) groups is 1. The molecule has 1 atom stereocenters. The molecule has 2 aromatic carbocycles. The summed E-state index contributed by atoms with van der Waals surface area (Å²) in [5.74, 6) is 0.385. The summed E-state index contributed by atoms with van der Waals surface area (Å²) in [5.41, 5.74) is 1.96. The van der Waals surface area contributed by atoms with E-state index >= 15 is 0 Å². The lowest BCUT2D eigenvalue weighted by Gasteiger charge is -2.19. The van der Waals surface area contributed by atoms with E-state index in [-0.39, 0.29) is 18.0 Å². The molecule has 0 aliphatic heterocycles. The van der Waals surface area contributed by atoms with Crippen molar-refractivity contribution in [3.8, 4) is 0 Å². The smallest absolute Gasteiger partial charge is 0.279 e. The van der Waals surface area contributed by atoms with E-state index < -0.39 is 0 Å². The number of hydrogen-bond acceptors (Lipinski definition) is 4. The van der Waals surface area contributed by atoms with Crippen LogP contribution in [0.4, 0.5) is 5.69 Å². The lowest BCUT2D eigenvalue weighted by atomic mass is 10.2. The summed E-state index contributed by atoms with van der Waals surface area (Å²) >= 11 is 6.13. The van der Waals surface area contributed by atoms with Gasteiger partial charge in [-0.15, -0.1) is 0 Å². The molecule has 3 N–H and O–H groups in total. The Kier molecular flexibility index (Phi) is 6.98. The molecule has 0 saturated carbocycles. The molecule has 152 valence electrons. The number of benzene rings is 2. The van der Waals surface area contributed by atoms with Crippen molar-refractivity contribution in [2.45, 2.75) is 13.5 Å². The zero-order valence-corrected chi connectivity index (χ0v) is 17.2. The Morgan fingerprint density at radius 1 is 1.24 bits per heavy atom. The molecule has 3 aromatic rings. The maximum atomic E-state index is 12.6. The van der Waals surface area contributed by atoms with E-state index in [1.54, 1.807) is 37.4 Å². The van der Waals surface area contributed by atoms with Gasteiger partial charge in [-0.3, -0.25) is 9.59 Å². The molecule has 1 amide bonds. The van der Waals surface area contributed by atoms with Crippen LogP contribution in [0, 0.1) is 6.92 Å². The first-order valence-corrected chi connectivity index (χ1v) is 9.71. The summed E-state index contributed by atoms with van der Waals surface area (Å²) in [7, 11) is 1.61. The van der Waals surface area contributed by atoms with Crippen LogP contribution >= 0.6 is 11.6 Å². The van der Waals surface area contributed by atoms with Crippen molar-refractivity contribution < 1.29 is 14.4 Å². The number of aromatic amines is 1. The lowest BCUT2D eigenvalue weighted by molar-refractivity contribution is -0.906. The average molecular weight is 416 g/mol. The van der Waals surface area contributed by atoms with Gasteiger partial charge in [0.2, 0.25) is 0 Å². The highest BCUT2D eigenvalue weighted by molar-refractivity contribution is 6.31. The number of nitrogens with zero attached hydrogens (tertiary/aromatic N) is 1. The topological polar surface area (TPSA) is 88.5 Å². The Bertz CT molecular complexity index is 1070. The zero-order valence-electron chi connectivity index (χ0n) is 16.4. The van der Waals surface area contributed by atoms with Crippen molar-refractivity contribution in [1.29, 1.82) is 0 Å². The average Bonchev–Trinajstić information content (AvgIpc) is 2.69. The monoisotopic (exact) mass is 415 g/mol. The molecule has 1 unspecified atom stereocenters. The quantitative estimate of drug-likeness (QED) is 0.521. The Hall–Kier alpha value is -2.74. The summed E-state index contributed by atoms with van der Waals surface area (Å²) in [5, 5.41) is 4.05. The number of nitrogens with one attached hydrogen (secondary N) is 3. The molecule has 7 nitrogen and oxygen atoms in total. The summed E-state index contributed by atoms with van der Waals surface area (Å²) in [6.45, 7) is 3.53. The lowest BCUT2D eigenvalue weighted by Crippen LogP contribution is -3.12. The molecular weight excluding hydrogens is 392 g/mol. The molecule has 8 heteroatoms. The van der Waals surface area contributed by atoms with Gasteiger partial charge in [0.25, 0.3) is 11.5 Å². The molecule has 3 rings (SSSR count). The Morgan fingerprint density at radius 3 is 2.83 bits per heavy atom. The molecule has 0 radical (unpaired) electrons. The number of quaternary nitrogens is 1. The van der Waals surface area contributed by atoms with Crippen LogP contribution in [-0.2, 0) is 16.1 Å². The number of carbonyl (C=O) groups excluding carboxylic acids is 1. The third-order valence-corrected chi connectivity index (χ3v) is 5.10. The molecule has 0 saturated heterocycles. The number of fused-ring (bicyclic) bond motifs is 1. The second kappa shape index (κ2) is 9.65. The highest BCUT2D eigenvalue weighted by Crippen LogP contribution is 2.22. The van der Waals surface area contributed by atoms with Crippen LogP contribution in [0.2, 0.25) is 5.02 Å². The first kappa shape index (κ1) is 21.0. The summed E-state index contributed by atoms with van der Waals surface area (Å²) in [6.07, 6.45) is 0. The predicted octanol–water partition coefficient (Wildman–Crippen LogP) is 1.55. The third kappa shape index (κ3) is 5.41. The fraction of sp³-hybridized carbons (Fsp3) is 0.286. The summed E-state index contributed by atoms with van der Waals surface area (Å²) < 4.78 is 5.18. The van der Waals surface area contributed by atoms with Gasteiger partial charge in [0.15, 0.2) is 12.4 Å². The number of para-hydroxylation sites is 1. The SMILES string of the molecule is COCC[NH+](CC(=O)Nc1cccc(Cl)c1C)Cc1nc2ccccc2c(=O)[nH]1. The number of amides is 1. The van der Waals surface area contributed by atoms with Gasteiger partial charge in [-0.2, -0.15) is 0 Å². The van der Waals surface area contributed by atoms with Gasteiger partial charge in [-0.05, 0) is 36.8 Å². The van der Waals surface area contributed by atoms with E-state index in [0.717, 1.165) is 10.5 Å². The first-order valence-electron chi connectivity index (χ1n) is 9.33. The molecule has 1 heterocycles. The predicted molar refractivity (Wildman–Crippen MR) is 113 cm³/mol. The van der Waals surface area contributed by atoms with Crippen molar-refractivity contribution >= 4 is 34.1 Å². The molecule has 0 aliphatic carbocycles. The van der Waals surface area contributed by atoms with Crippen molar-refractivity contribution in [3.63, 3.8) is 0 Å². The largest absolute Gasteiger partial charge is 0.379 e. The van der Waals surface area contributed by atoms with E-state index in [2.05, 4.69) is 15.3 Å². The van der Waals surface area contributed by atoms with Crippen molar-refractivity contribution in [2.75, 3.05) is 32.1 Å². The minimum Gasteiger partial charge on any atom is -0.379 e. The Balaban J connectivity index is 1.75. The van der Waals surface area contributed by atoms with Gasteiger partial charge >= 0.3 is 0 Å². The van der Waals surface area contributed by atoms with Gasteiger partial charge in [-0.1, -0.05) is 29.8 Å². The van der Waals surface area contributed by atoms with Gasteiger partial charge in [0.05, 0.1) is 17.5 Å².